The second-order valence-electron chi connectivity index (χ2n) is 2.11. The molecule has 0 bridgehead atoms. The average Bonchev–Trinajstić information content (AvgIpc) is 2.19. The molecule has 0 heteroatoms. The third kappa shape index (κ3) is 0.469. The summed E-state index contributed by atoms with van der Waals surface area (Å²) in [7, 11) is 0. The molecule has 1 rings (SSSR count). The van der Waals surface area contributed by atoms with Crippen molar-refractivity contribution < 1.29 is 0 Å². The number of allylic oxidation sites excluding steroid dienone is 1. The van der Waals surface area contributed by atoms with Crippen molar-refractivity contribution >= 4 is 0 Å². The predicted molar refractivity (Wildman–Crippen MR) is 27.5 cm³/mol. The van der Waals surface area contributed by atoms with E-state index in [2.05, 4.69) is 13.5 Å². The Balaban J connectivity index is 2.25. The average molecular weight is 82.1 g/mol. The van der Waals surface area contributed by atoms with Crippen molar-refractivity contribution in [3.63, 3.8) is 0 Å². The minimum Gasteiger partial charge on any atom is -0.103 e. The van der Waals surface area contributed by atoms with Gasteiger partial charge in [0.15, 0.2) is 0 Å². The summed E-state index contributed by atoms with van der Waals surface area (Å²) in [5, 5.41) is 0. The Morgan fingerprint density at radius 2 is 2.33 bits per heavy atom. The SMILES string of the molecule is C=C[C@H]1C[C@H]1C. The Bertz CT molecular complexity index is 64.4. The van der Waals surface area contributed by atoms with Crippen molar-refractivity contribution in [1.82, 2.24) is 0 Å². The molecule has 0 amide bonds. The van der Waals surface area contributed by atoms with Crippen LogP contribution in [-0.4, -0.2) is 0 Å². The summed E-state index contributed by atoms with van der Waals surface area (Å²) in [6, 6.07) is 0. The standard InChI is InChI=1S/C6H10/c1-3-6-4-5(6)2/h3,5-6H,1,4H2,2H3/t5-,6+/m1/s1. The molecule has 0 nitrogen and oxygen atoms in total. The molecule has 0 aliphatic heterocycles. The largest absolute Gasteiger partial charge is 0.103 e. The topological polar surface area (TPSA) is 0 Å². The molecule has 2 atom stereocenters. The molecule has 1 saturated carbocycles. The van der Waals surface area contributed by atoms with Crippen molar-refractivity contribution in [2.45, 2.75) is 13.3 Å². The number of hydrogen-bond acceptors (Lipinski definition) is 0. The van der Waals surface area contributed by atoms with E-state index in [4.69, 9.17) is 0 Å². The van der Waals surface area contributed by atoms with E-state index in [0.29, 0.717) is 0 Å². The zero-order valence-electron chi connectivity index (χ0n) is 4.15. The number of hydrogen-bond donors (Lipinski definition) is 0. The zero-order valence-corrected chi connectivity index (χ0v) is 4.15. The first-order valence-electron chi connectivity index (χ1n) is 2.47. The molecule has 0 radical (unpaired) electrons. The van der Waals surface area contributed by atoms with Gasteiger partial charge in [0, 0.05) is 0 Å². The van der Waals surface area contributed by atoms with Crippen LogP contribution < -0.4 is 0 Å². The molecule has 1 aliphatic rings. The Labute approximate surface area is 38.9 Å². The van der Waals surface area contributed by atoms with Crippen LogP contribution in [-0.2, 0) is 0 Å². The molecular weight excluding hydrogens is 72.1 g/mol. The van der Waals surface area contributed by atoms with Gasteiger partial charge in [-0.05, 0) is 18.3 Å². The Kier molecular flexibility index (Phi) is 0.722. The maximum Gasteiger partial charge on any atom is -0.0207 e. The van der Waals surface area contributed by atoms with Gasteiger partial charge in [-0.25, -0.2) is 0 Å². The summed E-state index contributed by atoms with van der Waals surface area (Å²) in [4.78, 5) is 0. The lowest BCUT2D eigenvalue weighted by Gasteiger charge is -1.72. The summed E-state index contributed by atoms with van der Waals surface area (Å²) in [5.41, 5.74) is 0. The fourth-order valence-electron chi connectivity index (χ4n) is 0.679. The summed E-state index contributed by atoms with van der Waals surface area (Å²) in [6.45, 7) is 5.93. The van der Waals surface area contributed by atoms with E-state index >= 15 is 0 Å². The minimum absolute atomic E-state index is 0.866. The molecule has 0 unspecified atom stereocenters. The minimum atomic E-state index is 0.866. The van der Waals surface area contributed by atoms with Gasteiger partial charge < -0.3 is 0 Å². The fourth-order valence-corrected chi connectivity index (χ4v) is 0.679. The van der Waals surface area contributed by atoms with Gasteiger partial charge in [0.2, 0.25) is 0 Å². The molecule has 0 spiro atoms. The third-order valence-corrected chi connectivity index (χ3v) is 1.47. The van der Waals surface area contributed by atoms with Crippen molar-refractivity contribution in [1.29, 1.82) is 0 Å². The molecule has 34 valence electrons. The van der Waals surface area contributed by atoms with E-state index < -0.39 is 0 Å². The van der Waals surface area contributed by atoms with Crippen LogP contribution in [0.4, 0.5) is 0 Å². The van der Waals surface area contributed by atoms with Crippen LogP contribution in [0.25, 0.3) is 0 Å². The first-order valence-corrected chi connectivity index (χ1v) is 2.47. The van der Waals surface area contributed by atoms with E-state index in [1.165, 1.54) is 6.42 Å². The third-order valence-electron chi connectivity index (χ3n) is 1.47. The second-order valence-corrected chi connectivity index (χ2v) is 2.11. The summed E-state index contributed by atoms with van der Waals surface area (Å²) in [6.07, 6.45) is 3.42. The van der Waals surface area contributed by atoms with E-state index in [0.717, 1.165) is 11.8 Å². The van der Waals surface area contributed by atoms with Crippen molar-refractivity contribution in [3.8, 4) is 0 Å². The highest BCUT2D eigenvalue weighted by atomic mass is 14.3. The molecule has 0 heterocycles. The van der Waals surface area contributed by atoms with Gasteiger partial charge in [-0.15, -0.1) is 6.58 Å². The normalized spacial score (nSPS) is 42.2. The molecule has 1 aliphatic carbocycles. The van der Waals surface area contributed by atoms with Gasteiger partial charge in [0.1, 0.15) is 0 Å². The van der Waals surface area contributed by atoms with Crippen molar-refractivity contribution in [2.75, 3.05) is 0 Å². The predicted octanol–water partition coefficient (Wildman–Crippen LogP) is 1.83. The molecule has 0 aromatic carbocycles. The van der Waals surface area contributed by atoms with Crippen molar-refractivity contribution in [2.24, 2.45) is 11.8 Å². The molecule has 0 N–H and O–H groups in total. The van der Waals surface area contributed by atoms with Crippen LogP contribution in [0, 0.1) is 11.8 Å². The molecule has 6 heavy (non-hydrogen) atoms. The van der Waals surface area contributed by atoms with Crippen LogP contribution in [0.5, 0.6) is 0 Å². The fraction of sp³-hybridized carbons (Fsp3) is 0.667. The summed E-state index contributed by atoms with van der Waals surface area (Å²) in [5.74, 6) is 1.81. The highest BCUT2D eigenvalue weighted by molar-refractivity contribution is 4.95. The Morgan fingerprint density at radius 3 is 2.33 bits per heavy atom. The van der Waals surface area contributed by atoms with E-state index in [1.807, 2.05) is 6.08 Å². The molecular formula is C6H10. The van der Waals surface area contributed by atoms with Crippen LogP contribution in [0.2, 0.25) is 0 Å². The lowest BCUT2D eigenvalue weighted by molar-refractivity contribution is 0.901. The summed E-state index contributed by atoms with van der Waals surface area (Å²) >= 11 is 0. The molecule has 1 fully saturated rings. The van der Waals surface area contributed by atoms with Crippen LogP contribution in [0.15, 0.2) is 12.7 Å². The van der Waals surface area contributed by atoms with E-state index in [9.17, 15) is 0 Å². The van der Waals surface area contributed by atoms with Gasteiger partial charge in [0.05, 0.1) is 0 Å². The van der Waals surface area contributed by atoms with E-state index in [1.54, 1.807) is 0 Å². The van der Waals surface area contributed by atoms with Gasteiger partial charge >= 0.3 is 0 Å². The maximum absolute atomic E-state index is 3.67. The lowest BCUT2D eigenvalue weighted by Crippen LogP contribution is -1.62. The Morgan fingerprint density at radius 1 is 1.83 bits per heavy atom. The van der Waals surface area contributed by atoms with Crippen LogP contribution >= 0.6 is 0 Å². The number of rotatable bonds is 1. The highest BCUT2D eigenvalue weighted by Gasteiger charge is 2.28. The second kappa shape index (κ2) is 1.11. The van der Waals surface area contributed by atoms with Gasteiger partial charge in [-0.3, -0.25) is 0 Å². The van der Waals surface area contributed by atoms with Gasteiger partial charge in [0.25, 0.3) is 0 Å². The van der Waals surface area contributed by atoms with Crippen LogP contribution in [0.3, 0.4) is 0 Å². The first-order chi connectivity index (χ1) is 2.84. The summed E-state index contributed by atoms with van der Waals surface area (Å²) < 4.78 is 0. The van der Waals surface area contributed by atoms with Crippen molar-refractivity contribution in [3.05, 3.63) is 12.7 Å². The smallest absolute Gasteiger partial charge is 0.0207 e. The molecule has 0 saturated heterocycles. The van der Waals surface area contributed by atoms with Gasteiger partial charge in [-0.1, -0.05) is 13.0 Å². The van der Waals surface area contributed by atoms with E-state index in [-0.39, 0.29) is 0 Å². The molecule has 0 aromatic rings. The Hall–Kier alpha value is -0.260. The zero-order chi connectivity index (χ0) is 4.57. The first kappa shape index (κ1) is 3.91. The highest BCUT2D eigenvalue weighted by Crippen LogP contribution is 2.37. The quantitative estimate of drug-likeness (QED) is 0.423. The molecule has 0 aromatic heterocycles. The maximum atomic E-state index is 3.67. The monoisotopic (exact) mass is 82.1 g/mol. The van der Waals surface area contributed by atoms with Crippen LogP contribution in [0.1, 0.15) is 13.3 Å². The van der Waals surface area contributed by atoms with Gasteiger partial charge in [-0.2, -0.15) is 0 Å². The lowest BCUT2D eigenvalue weighted by atomic mass is 10.3.